The van der Waals surface area contributed by atoms with Crippen molar-refractivity contribution < 1.29 is 19.0 Å². The molecule has 7 nitrogen and oxygen atoms in total. The van der Waals surface area contributed by atoms with E-state index in [9.17, 15) is 4.79 Å². The molecule has 0 radical (unpaired) electrons. The van der Waals surface area contributed by atoms with Gasteiger partial charge in [-0.05, 0) is 41.0 Å². The van der Waals surface area contributed by atoms with E-state index >= 15 is 0 Å². The van der Waals surface area contributed by atoms with Crippen LogP contribution in [0.3, 0.4) is 0 Å². The van der Waals surface area contributed by atoms with Gasteiger partial charge in [0.2, 0.25) is 0 Å². The maximum absolute atomic E-state index is 11.9. The number of nitrogens with one attached hydrogen (secondary N) is 1. The number of benzene rings is 3. The number of carbonyl (C=O) groups excluding carboxylic acids is 1. The van der Waals surface area contributed by atoms with E-state index in [4.69, 9.17) is 20.1 Å². The van der Waals surface area contributed by atoms with Crippen molar-refractivity contribution >= 4 is 17.9 Å². The molecule has 0 aliphatic carbocycles. The van der Waals surface area contributed by atoms with E-state index in [1.54, 1.807) is 20.4 Å². The number of rotatable bonds is 8. The second kappa shape index (κ2) is 10.2. The van der Waals surface area contributed by atoms with Crippen LogP contribution in [-0.4, -0.2) is 26.4 Å². The Kier molecular flexibility index (Phi) is 7.11. The molecule has 0 aliphatic rings. The van der Waals surface area contributed by atoms with Gasteiger partial charge in [0.1, 0.15) is 0 Å². The molecule has 3 aromatic carbocycles. The third-order valence-electron chi connectivity index (χ3n) is 4.64. The Labute approximate surface area is 181 Å². The molecule has 0 heterocycles. The maximum Gasteiger partial charge on any atom is 0.304 e. The molecule has 0 amide bonds. The van der Waals surface area contributed by atoms with Gasteiger partial charge < -0.3 is 25.4 Å². The fraction of sp³-hybridized carbons (Fsp3) is 0.167. The van der Waals surface area contributed by atoms with Crippen molar-refractivity contribution in [1.29, 1.82) is 0 Å². The molecule has 3 rings (SSSR count). The molecule has 0 aromatic heterocycles. The molecular formula is C24H25N3O4. The lowest BCUT2D eigenvalue weighted by atomic mass is 9.97. The Morgan fingerprint density at radius 1 is 1.00 bits per heavy atom. The third kappa shape index (κ3) is 5.33. The topological polar surface area (TPSA) is 95.2 Å². The molecule has 7 heteroatoms. The number of hydrazone groups is 1. The van der Waals surface area contributed by atoms with Gasteiger partial charge in [0.15, 0.2) is 17.7 Å². The van der Waals surface area contributed by atoms with Crippen LogP contribution in [0.5, 0.6) is 11.5 Å². The molecule has 0 aliphatic heterocycles. The lowest BCUT2D eigenvalue weighted by Gasteiger charge is -2.24. The van der Waals surface area contributed by atoms with Crippen molar-refractivity contribution in [3.63, 3.8) is 0 Å². The van der Waals surface area contributed by atoms with Gasteiger partial charge in [-0.1, -0.05) is 42.5 Å². The Bertz CT molecular complexity index is 1050. The monoisotopic (exact) mass is 419 g/mol. The van der Waals surface area contributed by atoms with Gasteiger partial charge in [-0.15, -0.1) is 0 Å². The predicted octanol–water partition coefficient (Wildman–Crippen LogP) is 4.34. The van der Waals surface area contributed by atoms with E-state index < -0.39 is 12.2 Å². The van der Waals surface area contributed by atoms with E-state index in [-0.39, 0.29) is 0 Å². The minimum absolute atomic E-state index is 0.418. The lowest BCUT2D eigenvalue weighted by molar-refractivity contribution is -0.145. The van der Waals surface area contributed by atoms with Crippen LogP contribution in [-0.2, 0) is 9.53 Å². The minimum atomic E-state index is -0.762. The van der Waals surface area contributed by atoms with Gasteiger partial charge in [0.05, 0.1) is 20.4 Å². The number of anilines is 1. The SMILES string of the molecule is COc1cc(-c2ccccc2)c(C(Nc2ccc(C=NN)cc2)OC(C)=O)cc1OC. The van der Waals surface area contributed by atoms with Gasteiger partial charge >= 0.3 is 5.97 Å². The zero-order chi connectivity index (χ0) is 22.2. The van der Waals surface area contributed by atoms with E-state index in [1.165, 1.54) is 6.92 Å². The second-order valence-electron chi connectivity index (χ2n) is 6.69. The Balaban J connectivity index is 2.09. The smallest absolute Gasteiger partial charge is 0.304 e. The quantitative estimate of drug-likeness (QED) is 0.185. The molecular weight excluding hydrogens is 394 g/mol. The summed E-state index contributed by atoms with van der Waals surface area (Å²) in [7, 11) is 3.15. The third-order valence-corrected chi connectivity index (χ3v) is 4.64. The number of methoxy groups -OCH3 is 2. The number of hydrogen-bond acceptors (Lipinski definition) is 7. The molecule has 0 bridgehead atoms. The zero-order valence-electron chi connectivity index (χ0n) is 17.7. The largest absolute Gasteiger partial charge is 0.493 e. The summed E-state index contributed by atoms with van der Waals surface area (Å²) in [4.78, 5) is 11.9. The normalized spacial score (nSPS) is 11.7. The first-order valence-electron chi connectivity index (χ1n) is 9.64. The average Bonchev–Trinajstić information content (AvgIpc) is 2.79. The van der Waals surface area contributed by atoms with Crippen molar-refractivity contribution in [2.75, 3.05) is 19.5 Å². The molecule has 160 valence electrons. The first kappa shape index (κ1) is 21.7. The average molecular weight is 419 g/mol. The van der Waals surface area contributed by atoms with Crippen molar-refractivity contribution in [3.8, 4) is 22.6 Å². The van der Waals surface area contributed by atoms with Crippen LogP contribution >= 0.6 is 0 Å². The van der Waals surface area contributed by atoms with Crippen LogP contribution in [0.4, 0.5) is 5.69 Å². The van der Waals surface area contributed by atoms with Crippen molar-refractivity contribution in [1.82, 2.24) is 0 Å². The number of esters is 1. The van der Waals surface area contributed by atoms with Crippen LogP contribution in [0.25, 0.3) is 11.1 Å². The van der Waals surface area contributed by atoms with Crippen molar-refractivity contribution in [3.05, 3.63) is 77.9 Å². The summed E-state index contributed by atoms with van der Waals surface area (Å²) < 4.78 is 16.6. The Morgan fingerprint density at radius 3 is 2.23 bits per heavy atom. The summed E-state index contributed by atoms with van der Waals surface area (Å²) in [5.74, 6) is 5.90. The number of hydrogen-bond donors (Lipinski definition) is 2. The van der Waals surface area contributed by atoms with Crippen molar-refractivity contribution in [2.24, 2.45) is 10.9 Å². The Hall–Kier alpha value is -4.00. The first-order chi connectivity index (χ1) is 15.0. The van der Waals surface area contributed by atoms with Gasteiger partial charge in [0.25, 0.3) is 0 Å². The van der Waals surface area contributed by atoms with Gasteiger partial charge in [0, 0.05) is 18.2 Å². The highest BCUT2D eigenvalue weighted by Crippen LogP contribution is 2.39. The molecule has 3 aromatic rings. The summed E-state index contributed by atoms with van der Waals surface area (Å²) in [6, 6.07) is 20.9. The standard InChI is InChI=1S/C24H25N3O4/c1-16(28)31-24(27-19-11-9-17(10-12-19)15-26-25)21-14-23(30-3)22(29-2)13-20(21)18-7-5-4-6-8-18/h4-15,24,27H,25H2,1-3H3. The van der Waals surface area contributed by atoms with E-state index in [2.05, 4.69) is 10.4 Å². The molecule has 0 saturated heterocycles. The van der Waals surface area contributed by atoms with Gasteiger partial charge in [-0.3, -0.25) is 4.79 Å². The van der Waals surface area contributed by atoms with Crippen LogP contribution in [0.2, 0.25) is 0 Å². The minimum Gasteiger partial charge on any atom is -0.493 e. The molecule has 0 saturated carbocycles. The summed E-state index contributed by atoms with van der Waals surface area (Å²) in [5.41, 5.74) is 4.14. The molecule has 3 N–H and O–H groups in total. The number of nitrogens with two attached hydrogens (primary N) is 1. The summed E-state index contributed by atoms with van der Waals surface area (Å²) >= 11 is 0. The molecule has 1 unspecified atom stereocenters. The maximum atomic E-state index is 11.9. The number of nitrogens with zero attached hydrogens (tertiary/aromatic N) is 1. The summed E-state index contributed by atoms with van der Waals surface area (Å²) in [6.45, 7) is 1.37. The number of ether oxygens (including phenoxy) is 3. The van der Waals surface area contributed by atoms with Gasteiger partial charge in [-0.2, -0.15) is 5.10 Å². The van der Waals surface area contributed by atoms with Crippen LogP contribution < -0.4 is 20.6 Å². The summed E-state index contributed by atoms with van der Waals surface area (Å²) in [6.07, 6.45) is 0.788. The van der Waals surface area contributed by atoms with Crippen LogP contribution in [0.15, 0.2) is 71.8 Å². The van der Waals surface area contributed by atoms with E-state index in [0.717, 1.165) is 27.9 Å². The highest BCUT2D eigenvalue weighted by atomic mass is 16.6. The fourth-order valence-corrected chi connectivity index (χ4v) is 3.22. The van der Waals surface area contributed by atoms with Crippen LogP contribution in [0, 0.1) is 0 Å². The number of carbonyl (C=O) groups is 1. The van der Waals surface area contributed by atoms with E-state index in [0.29, 0.717) is 11.5 Å². The lowest BCUT2D eigenvalue weighted by Crippen LogP contribution is -2.18. The molecule has 31 heavy (non-hydrogen) atoms. The molecule has 0 spiro atoms. The zero-order valence-corrected chi connectivity index (χ0v) is 17.7. The van der Waals surface area contributed by atoms with Crippen molar-refractivity contribution in [2.45, 2.75) is 13.2 Å². The van der Waals surface area contributed by atoms with Crippen LogP contribution in [0.1, 0.15) is 24.3 Å². The second-order valence-corrected chi connectivity index (χ2v) is 6.69. The molecule has 1 atom stereocenters. The molecule has 0 fully saturated rings. The predicted molar refractivity (Wildman–Crippen MR) is 121 cm³/mol. The highest BCUT2D eigenvalue weighted by molar-refractivity contribution is 5.80. The first-order valence-corrected chi connectivity index (χ1v) is 9.64. The van der Waals surface area contributed by atoms with Gasteiger partial charge in [-0.25, -0.2) is 0 Å². The van der Waals surface area contributed by atoms with E-state index in [1.807, 2.05) is 66.7 Å². The highest BCUT2D eigenvalue weighted by Gasteiger charge is 2.22. The fourth-order valence-electron chi connectivity index (χ4n) is 3.22. The summed E-state index contributed by atoms with van der Waals surface area (Å²) in [5, 5.41) is 6.80. The Morgan fingerprint density at radius 2 is 1.65 bits per heavy atom.